The Morgan fingerprint density at radius 3 is 2.65 bits per heavy atom. The molecule has 3 aromatic rings. The van der Waals surface area contributed by atoms with E-state index in [2.05, 4.69) is 4.98 Å². The number of benzene rings is 2. The highest BCUT2D eigenvalue weighted by Gasteiger charge is 2.19. The molecule has 4 rings (SSSR count). The van der Waals surface area contributed by atoms with Crippen molar-refractivity contribution in [3.8, 4) is 17.4 Å². The number of aromatic nitrogens is 1. The predicted molar refractivity (Wildman–Crippen MR) is 117 cm³/mol. The topological polar surface area (TPSA) is 60.9 Å². The minimum absolute atomic E-state index is 0.0409. The number of hydrogen-bond donors (Lipinski definition) is 0. The van der Waals surface area contributed by atoms with Gasteiger partial charge in [0.1, 0.15) is 6.61 Å². The third-order valence-electron chi connectivity index (χ3n) is 5.21. The van der Waals surface area contributed by atoms with E-state index in [1.165, 1.54) is 0 Å². The maximum Gasteiger partial charge on any atom is 0.227 e. The molecule has 0 atom stereocenters. The molecule has 160 valence electrons. The van der Waals surface area contributed by atoms with Gasteiger partial charge in [0.2, 0.25) is 11.8 Å². The van der Waals surface area contributed by atoms with Crippen LogP contribution in [0.25, 0.3) is 0 Å². The van der Waals surface area contributed by atoms with Crippen molar-refractivity contribution in [2.75, 3.05) is 26.4 Å². The number of aryl methyl sites for hydroxylation is 1. The van der Waals surface area contributed by atoms with Crippen LogP contribution in [-0.2, 0) is 22.5 Å². The first-order valence-electron chi connectivity index (χ1n) is 10.4. The Bertz CT molecular complexity index is 1040. The summed E-state index contributed by atoms with van der Waals surface area (Å²) >= 11 is 0. The minimum atomic E-state index is 0.0409. The van der Waals surface area contributed by atoms with Gasteiger partial charge in [-0.25, -0.2) is 4.98 Å². The highest BCUT2D eigenvalue weighted by atomic mass is 16.5. The van der Waals surface area contributed by atoms with Crippen molar-refractivity contribution in [2.45, 2.75) is 19.9 Å². The lowest BCUT2D eigenvalue weighted by Crippen LogP contribution is -2.35. The first kappa shape index (κ1) is 20.9. The zero-order chi connectivity index (χ0) is 21.5. The van der Waals surface area contributed by atoms with Gasteiger partial charge >= 0.3 is 0 Å². The lowest BCUT2D eigenvalue weighted by Gasteiger charge is -2.24. The van der Waals surface area contributed by atoms with E-state index in [0.717, 1.165) is 16.7 Å². The predicted octanol–water partition coefficient (Wildman–Crippen LogP) is 4.16. The molecule has 0 saturated heterocycles. The van der Waals surface area contributed by atoms with Crippen LogP contribution in [-0.4, -0.2) is 42.2 Å². The van der Waals surface area contributed by atoms with Crippen LogP contribution < -0.4 is 9.47 Å². The molecule has 0 spiro atoms. The molecule has 1 aromatic heterocycles. The lowest BCUT2D eigenvalue weighted by atomic mass is 10.1. The smallest absolute Gasteiger partial charge is 0.227 e. The van der Waals surface area contributed by atoms with E-state index in [1.54, 1.807) is 11.1 Å². The monoisotopic (exact) mass is 418 g/mol. The molecule has 6 heteroatoms. The first-order chi connectivity index (χ1) is 15.2. The fourth-order valence-electron chi connectivity index (χ4n) is 3.46. The van der Waals surface area contributed by atoms with Crippen molar-refractivity contribution in [1.29, 1.82) is 0 Å². The lowest BCUT2D eigenvalue weighted by molar-refractivity contribution is -0.132. The van der Waals surface area contributed by atoms with E-state index in [1.807, 2.05) is 67.6 Å². The maximum atomic E-state index is 13.2. The molecule has 1 aliphatic rings. The number of ether oxygens (including phenoxy) is 3. The van der Waals surface area contributed by atoms with Gasteiger partial charge in [0.15, 0.2) is 11.5 Å². The molecule has 0 N–H and O–H groups in total. The molecule has 0 unspecified atom stereocenters. The van der Waals surface area contributed by atoms with Gasteiger partial charge in [-0.3, -0.25) is 4.79 Å². The molecule has 0 fully saturated rings. The quantitative estimate of drug-likeness (QED) is 0.625. The SMILES string of the molecule is Cc1ccccc1CC(=O)N1CCOCCOc2ccccc2Oc2ncccc2C1. The molecule has 0 saturated carbocycles. The van der Waals surface area contributed by atoms with E-state index < -0.39 is 0 Å². The van der Waals surface area contributed by atoms with Crippen LogP contribution in [0, 0.1) is 6.92 Å². The molecular weight excluding hydrogens is 392 g/mol. The summed E-state index contributed by atoms with van der Waals surface area (Å²) in [7, 11) is 0. The van der Waals surface area contributed by atoms with E-state index in [0.29, 0.717) is 56.7 Å². The van der Waals surface area contributed by atoms with Crippen LogP contribution in [0.5, 0.6) is 17.4 Å². The van der Waals surface area contributed by atoms with Crippen LogP contribution in [0.4, 0.5) is 0 Å². The average molecular weight is 418 g/mol. The third-order valence-corrected chi connectivity index (χ3v) is 5.21. The van der Waals surface area contributed by atoms with Gasteiger partial charge in [0.05, 0.1) is 26.2 Å². The average Bonchev–Trinajstić information content (AvgIpc) is 2.80. The fraction of sp³-hybridized carbons (Fsp3) is 0.280. The van der Waals surface area contributed by atoms with Gasteiger partial charge in [-0.15, -0.1) is 0 Å². The summed E-state index contributed by atoms with van der Waals surface area (Å²) < 4.78 is 17.7. The summed E-state index contributed by atoms with van der Waals surface area (Å²) in [4.78, 5) is 19.4. The normalized spacial score (nSPS) is 14.5. The number of pyridine rings is 1. The maximum absolute atomic E-state index is 13.2. The van der Waals surface area contributed by atoms with Crippen LogP contribution in [0.1, 0.15) is 16.7 Å². The Hall–Kier alpha value is -3.38. The number of carbonyl (C=O) groups excluding carboxylic acids is 1. The number of para-hydroxylation sites is 2. The Kier molecular flexibility index (Phi) is 6.79. The Morgan fingerprint density at radius 2 is 1.77 bits per heavy atom. The van der Waals surface area contributed by atoms with E-state index >= 15 is 0 Å². The van der Waals surface area contributed by atoms with E-state index in [4.69, 9.17) is 14.2 Å². The summed E-state index contributed by atoms with van der Waals surface area (Å²) in [6.07, 6.45) is 2.03. The number of amides is 1. The Labute approximate surface area is 182 Å². The van der Waals surface area contributed by atoms with Crippen molar-refractivity contribution < 1.29 is 19.0 Å². The fourth-order valence-corrected chi connectivity index (χ4v) is 3.46. The summed E-state index contributed by atoms with van der Waals surface area (Å²) in [5, 5.41) is 0. The Balaban J connectivity index is 1.60. The second-order valence-corrected chi connectivity index (χ2v) is 7.40. The van der Waals surface area contributed by atoms with Crippen LogP contribution >= 0.6 is 0 Å². The molecule has 0 aliphatic carbocycles. The standard InChI is InChI=1S/C25H26N2O4/c1-19-7-2-3-8-20(19)17-24(28)27-13-14-29-15-16-30-22-10-4-5-11-23(22)31-25-21(18-27)9-6-12-26-25/h2-12H,13-18H2,1H3. The van der Waals surface area contributed by atoms with Crippen molar-refractivity contribution in [3.05, 3.63) is 83.6 Å². The molecule has 6 nitrogen and oxygen atoms in total. The Morgan fingerprint density at radius 1 is 0.968 bits per heavy atom. The zero-order valence-corrected chi connectivity index (χ0v) is 17.6. The highest BCUT2D eigenvalue weighted by molar-refractivity contribution is 5.79. The zero-order valence-electron chi connectivity index (χ0n) is 17.6. The minimum Gasteiger partial charge on any atom is -0.487 e. The molecule has 31 heavy (non-hydrogen) atoms. The largest absolute Gasteiger partial charge is 0.487 e. The van der Waals surface area contributed by atoms with E-state index in [9.17, 15) is 4.79 Å². The first-order valence-corrected chi connectivity index (χ1v) is 10.4. The molecule has 1 amide bonds. The number of nitrogens with zero attached hydrogens (tertiary/aromatic N) is 2. The second-order valence-electron chi connectivity index (χ2n) is 7.40. The van der Waals surface area contributed by atoms with Crippen molar-refractivity contribution in [2.24, 2.45) is 0 Å². The number of carbonyl (C=O) groups is 1. The van der Waals surface area contributed by atoms with Crippen molar-refractivity contribution in [1.82, 2.24) is 9.88 Å². The van der Waals surface area contributed by atoms with Gasteiger partial charge in [0, 0.05) is 18.3 Å². The van der Waals surface area contributed by atoms with Gasteiger partial charge in [-0.1, -0.05) is 42.5 Å². The molecule has 0 bridgehead atoms. The third kappa shape index (κ3) is 5.41. The summed E-state index contributed by atoms with van der Waals surface area (Å²) in [5.74, 6) is 1.72. The van der Waals surface area contributed by atoms with Gasteiger partial charge < -0.3 is 19.1 Å². The summed E-state index contributed by atoms with van der Waals surface area (Å²) in [6, 6.07) is 19.2. The molecule has 2 aromatic carbocycles. The molecule has 0 radical (unpaired) electrons. The van der Waals surface area contributed by atoms with Crippen LogP contribution in [0.2, 0.25) is 0 Å². The molecule has 1 aliphatic heterocycles. The summed E-state index contributed by atoms with van der Waals surface area (Å²) in [6.45, 7) is 4.15. The summed E-state index contributed by atoms with van der Waals surface area (Å²) in [5.41, 5.74) is 2.97. The number of hydrogen-bond acceptors (Lipinski definition) is 5. The van der Waals surface area contributed by atoms with Crippen molar-refractivity contribution >= 4 is 5.91 Å². The van der Waals surface area contributed by atoms with Gasteiger partial charge in [0.25, 0.3) is 0 Å². The number of fused-ring (bicyclic) bond motifs is 2. The van der Waals surface area contributed by atoms with E-state index in [-0.39, 0.29) is 5.91 Å². The van der Waals surface area contributed by atoms with Gasteiger partial charge in [-0.2, -0.15) is 0 Å². The van der Waals surface area contributed by atoms with Crippen molar-refractivity contribution in [3.63, 3.8) is 0 Å². The second kappa shape index (κ2) is 10.1. The van der Waals surface area contributed by atoms with Gasteiger partial charge in [-0.05, 0) is 36.2 Å². The molecular formula is C25H26N2O4. The molecule has 2 heterocycles. The van der Waals surface area contributed by atoms with Crippen LogP contribution in [0.3, 0.4) is 0 Å². The highest BCUT2D eigenvalue weighted by Crippen LogP contribution is 2.32. The number of rotatable bonds is 2. The van der Waals surface area contributed by atoms with Crippen LogP contribution in [0.15, 0.2) is 66.9 Å².